The van der Waals surface area contributed by atoms with Crippen LogP contribution in [0.4, 0.5) is 0 Å². The van der Waals surface area contributed by atoms with Crippen molar-refractivity contribution in [1.29, 1.82) is 0 Å². The number of ether oxygens (including phenoxy) is 2. The second-order valence-corrected chi connectivity index (χ2v) is 4.73. The van der Waals surface area contributed by atoms with Gasteiger partial charge in [-0.15, -0.1) is 0 Å². The third-order valence-corrected chi connectivity index (χ3v) is 3.04. The summed E-state index contributed by atoms with van der Waals surface area (Å²) in [7, 11) is 0. The Morgan fingerprint density at radius 1 is 1.61 bits per heavy atom. The third-order valence-electron chi connectivity index (χ3n) is 3.04. The second-order valence-electron chi connectivity index (χ2n) is 4.73. The summed E-state index contributed by atoms with van der Waals surface area (Å²) in [5.74, 6) is 0.965. The van der Waals surface area contributed by atoms with Gasteiger partial charge in [0.15, 0.2) is 0 Å². The fourth-order valence-corrected chi connectivity index (χ4v) is 2.07. The number of H-pyrrole nitrogens is 1. The molecule has 1 aliphatic rings. The minimum Gasteiger partial charge on any atom is -0.379 e. The molecule has 0 bridgehead atoms. The highest BCUT2D eigenvalue weighted by atomic mass is 16.5. The Balaban J connectivity index is 1.41. The van der Waals surface area contributed by atoms with E-state index in [0.717, 1.165) is 57.3 Å². The Labute approximate surface area is 108 Å². The standard InChI is InChI=1S/C13H23N3O2/c1-11-15-9-12(16-11)8-14-5-3-6-17-10-13-4-2-7-18-13/h9,13-14H,2-8,10H2,1H3,(H,15,16). The monoisotopic (exact) mass is 253 g/mol. The molecule has 0 radical (unpaired) electrons. The van der Waals surface area contributed by atoms with Crippen LogP contribution in [0.25, 0.3) is 0 Å². The number of nitrogens with zero attached hydrogens (tertiary/aromatic N) is 1. The molecule has 1 aromatic rings. The molecule has 5 heteroatoms. The lowest BCUT2D eigenvalue weighted by molar-refractivity contribution is 0.0166. The van der Waals surface area contributed by atoms with Gasteiger partial charge < -0.3 is 19.8 Å². The van der Waals surface area contributed by atoms with E-state index in [0.29, 0.717) is 6.10 Å². The zero-order valence-corrected chi connectivity index (χ0v) is 11.1. The number of aromatic amines is 1. The van der Waals surface area contributed by atoms with Crippen molar-refractivity contribution in [1.82, 2.24) is 15.3 Å². The Bertz CT molecular complexity index is 335. The molecule has 0 aliphatic carbocycles. The van der Waals surface area contributed by atoms with Gasteiger partial charge in [-0.05, 0) is 32.7 Å². The van der Waals surface area contributed by atoms with Gasteiger partial charge in [-0.3, -0.25) is 0 Å². The summed E-state index contributed by atoms with van der Waals surface area (Å²) in [6, 6.07) is 0. The Morgan fingerprint density at radius 3 is 3.28 bits per heavy atom. The van der Waals surface area contributed by atoms with Gasteiger partial charge >= 0.3 is 0 Å². The first-order valence-electron chi connectivity index (χ1n) is 6.75. The van der Waals surface area contributed by atoms with Crippen LogP contribution >= 0.6 is 0 Å². The molecule has 0 aromatic carbocycles. The van der Waals surface area contributed by atoms with E-state index < -0.39 is 0 Å². The maximum atomic E-state index is 5.59. The summed E-state index contributed by atoms with van der Waals surface area (Å²) in [5, 5.41) is 3.36. The molecule has 18 heavy (non-hydrogen) atoms. The molecule has 1 atom stereocenters. The van der Waals surface area contributed by atoms with E-state index in [1.54, 1.807) is 0 Å². The molecule has 1 saturated heterocycles. The van der Waals surface area contributed by atoms with Crippen LogP contribution in [0.3, 0.4) is 0 Å². The van der Waals surface area contributed by atoms with Crippen molar-refractivity contribution in [2.24, 2.45) is 0 Å². The highest BCUT2D eigenvalue weighted by molar-refractivity contribution is 4.98. The van der Waals surface area contributed by atoms with E-state index in [9.17, 15) is 0 Å². The number of aryl methyl sites for hydroxylation is 1. The zero-order valence-electron chi connectivity index (χ0n) is 11.1. The van der Waals surface area contributed by atoms with Crippen LogP contribution in [-0.4, -0.2) is 42.4 Å². The zero-order chi connectivity index (χ0) is 12.6. The summed E-state index contributed by atoms with van der Waals surface area (Å²) >= 11 is 0. The van der Waals surface area contributed by atoms with Crippen LogP contribution in [-0.2, 0) is 16.0 Å². The summed E-state index contributed by atoms with van der Waals surface area (Å²) in [6.45, 7) is 6.21. The SMILES string of the molecule is Cc1ncc(CNCCCOCC2CCCO2)[nH]1. The Kier molecular flexibility index (Phi) is 5.64. The molecule has 1 aliphatic heterocycles. The lowest BCUT2D eigenvalue weighted by Crippen LogP contribution is -2.19. The van der Waals surface area contributed by atoms with E-state index in [2.05, 4.69) is 15.3 Å². The first kappa shape index (κ1) is 13.5. The van der Waals surface area contributed by atoms with Crippen molar-refractivity contribution in [2.45, 2.75) is 38.8 Å². The molecule has 0 spiro atoms. The van der Waals surface area contributed by atoms with Crippen molar-refractivity contribution >= 4 is 0 Å². The molecule has 2 N–H and O–H groups in total. The molecule has 1 fully saturated rings. The van der Waals surface area contributed by atoms with Gasteiger partial charge in [-0.2, -0.15) is 0 Å². The lowest BCUT2D eigenvalue weighted by atomic mass is 10.2. The largest absolute Gasteiger partial charge is 0.379 e. The van der Waals surface area contributed by atoms with E-state index in [1.165, 1.54) is 6.42 Å². The van der Waals surface area contributed by atoms with Crippen molar-refractivity contribution in [3.05, 3.63) is 17.7 Å². The van der Waals surface area contributed by atoms with E-state index >= 15 is 0 Å². The predicted octanol–water partition coefficient (Wildman–Crippen LogP) is 1.39. The quantitative estimate of drug-likeness (QED) is 0.687. The molecule has 0 amide bonds. The minimum absolute atomic E-state index is 0.339. The summed E-state index contributed by atoms with van der Waals surface area (Å²) in [4.78, 5) is 7.35. The molecule has 5 nitrogen and oxygen atoms in total. The van der Waals surface area contributed by atoms with Crippen LogP contribution in [0, 0.1) is 6.92 Å². The number of rotatable bonds is 8. The number of nitrogens with one attached hydrogen (secondary N) is 2. The van der Waals surface area contributed by atoms with Gasteiger partial charge in [0.05, 0.1) is 12.7 Å². The number of hydrogen-bond donors (Lipinski definition) is 2. The number of imidazole rings is 1. The first-order chi connectivity index (χ1) is 8.84. The average Bonchev–Trinajstić information content (AvgIpc) is 3.00. The Morgan fingerprint density at radius 2 is 2.56 bits per heavy atom. The van der Waals surface area contributed by atoms with Crippen LogP contribution in [0.1, 0.15) is 30.8 Å². The van der Waals surface area contributed by atoms with Crippen LogP contribution < -0.4 is 5.32 Å². The van der Waals surface area contributed by atoms with Crippen LogP contribution in [0.5, 0.6) is 0 Å². The molecule has 2 rings (SSSR count). The number of hydrogen-bond acceptors (Lipinski definition) is 4. The maximum Gasteiger partial charge on any atom is 0.103 e. The normalized spacial score (nSPS) is 19.5. The summed E-state index contributed by atoms with van der Waals surface area (Å²) in [6.07, 6.45) is 5.57. The van der Waals surface area contributed by atoms with E-state index in [-0.39, 0.29) is 0 Å². The Hall–Kier alpha value is -0.910. The van der Waals surface area contributed by atoms with E-state index in [1.807, 2.05) is 13.1 Å². The topological polar surface area (TPSA) is 59.2 Å². The maximum absolute atomic E-state index is 5.59. The van der Waals surface area contributed by atoms with Gasteiger partial charge in [0.1, 0.15) is 5.82 Å². The van der Waals surface area contributed by atoms with Crippen molar-refractivity contribution in [3.8, 4) is 0 Å². The molecular weight excluding hydrogens is 230 g/mol. The third kappa shape index (κ3) is 4.76. The summed E-state index contributed by atoms with van der Waals surface area (Å²) < 4.78 is 11.1. The van der Waals surface area contributed by atoms with Gasteiger partial charge in [-0.25, -0.2) is 4.98 Å². The molecule has 1 aromatic heterocycles. The predicted molar refractivity (Wildman–Crippen MR) is 69.4 cm³/mol. The van der Waals surface area contributed by atoms with Crippen LogP contribution in [0.15, 0.2) is 6.20 Å². The molecule has 1 unspecified atom stereocenters. The average molecular weight is 253 g/mol. The fraction of sp³-hybridized carbons (Fsp3) is 0.769. The smallest absolute Gasteiger partial charge is 0.103 e. The lowest BCUT2D eigenvalue weighted by Gasteiger charge is -2.10. The highest BCUT2D eigenvalue weighted by Crippen LogP contribution is 2.11. The highest BCUT2D eigenvalue weighted by Gasteiger charge is 2.14. The van der Waals surface area contributed by atoms with Crippen molar-refractivity contribution in [2.75, 3.05) is 26.4 Å². The first-order valence-corrected chi connectivity index (χ1v) is 6.75. The van der Waals surface area contributed by atoms with Gasteiger partial charge in [-0.1, -0.05) is 0 Å². The van der Waals surface area contributed by atoms with Crippen LogP contribution in [0.2, 0.25) is 0 Å². The minimum atomic E-state index is 0.339. The summed E-state index contributed by atoms with van der Waals surface area (Å²) in [5.41, 5.74) is 1.13. The van der Waals surface area contributed by atoms with Gasteiger partial charge in [0, 0.05) is 31.6 Å². The molecule has 0 saturated carbocycles. The molecule has 2 heterocycles. The van der Waals surface area contributed by atoms with Crippen molar-refractivity contribution in [3.63, 3.8) is 0 Å². The molecule has 102 valence electrons. The fourth-order valence-electron chi connectivity index (χ4n) is 2.07. The van der Waals surface area contributed by atoms with Crippen molar-refractivity contribution < 1.29 is 9.47 Å². The number of aromatic nitrogens is 2. The van der Waals surface area contributed by atoms with Gasteiger partial charge in [0.2, 0.25) is 0 Å². The second kappa shape index (κ2) is 7.51. The van der Waals surface area contributed by atoms with Gasteiger partial charge in [0.25, 0.3) is 0 Å². The van der Waals surface area contributed by atoms with E-state index in [4.69, 9.17) is 9.47 Å². The molecular formula is C13H23N3O2.